The van der Waals surface area contributed by atoms with Crippen LogP contribution in [-0.4, -0.2) is 51.9 Å². The summed E-state index contributed by atoms with van der Waals surface area (Å²) in [5.41, 5.74) is 1.75. The molecule has 1 aromatic heterocycles. The van der Waals surface area contributed by atoms with E-state index in [9.17, 15) is 19.5 Å². The van der Waals surface area contributed by atoms with Gasteiger partial charge in [0.2, 0.25) is 11.8 Å². The first-order valence-electron chi connectivity index (χ1n) is 9.81. The monoisotopic (exact) mass is 407 g/mol. The van der Waals surface area contributed by atoms with E-state index in [2.05, 4.69) is 10.3 Å². The SMILES string of the molecule is CN1C(=O)CC[C@@H]1C(=O)N[C@H](Cc1c[nH]c2ccccc12)C(=O)O.c1ccccc1. The average Bonchev–Trinajstić information content (AvgIpc) is 3.32. The Balaban J connectivity index is 0.000000367. The van der Waals surface area contributed by atoms with Gasteiger partial charge in [-0.2, -0.15) is 0 Å². The van der Waals surface area contributed by atoms with Crippen LogP contribution in [0.4, 0.5) is 0 Å². The topological polar surface area (TPSA) is 103 Å². The number of nitrogens with one attached hydrogen (secondary N) is 2. The standard InChI is InChI=1S/C17H19N3O4.C6H6/c1-20-14(6-7-15(20)21)16(22)19-13(17(23)24)8-10-9-18-12-5-3-2-4-11(10)12;1-2-4-6-5-3-1/h2-5,9,13-14,18H,6-8H2,1H3,(H,19,22)(H,23,24);1-6H/t13-,14-;/m1./s1. The highest BCUT2D eigenvalue weighted by Gasteiger charge is 2.35. The summed E-state index contributed by atoms with van der Waals surface area (Å²) in [5.74, 6) is -1.62. The number of aromatic nitrogens is 1. The first kappa shape index (κ1) is 21.1. The van der Waals surface area contributed by atoms with Crippen LogP contribution in [0.15, 0.2) is 66.9 Å². The molecule has 0 unspecified atom stereocenters. The number of likely N-dealkylation sites (N-methyl/N-ethyl adjacent to an activating group) is 1. The maximum atomic E-state index is 12.3. The predicted molar refractivity (Wildman–Crippen MR) is 114 cm³/mol. The van der Waals surface area contributed by atoms with Gasteiger partial charge >= 0.3 is 5.97 Å². The highest BCUT2D eigenvalue weighted by molar-refractivity contribution is 5.93. The number of likely N-dealkylation sites (tertiary alicyclic amines) is 1. The fourth-order valence-electron chi connectivity index (χ4n) is 3.48. The molecule has 3 N–H and O–H groups in total. The molecule has 1 aliphatic rings. The molecule has 0 saturated carbocycles. The Kier molecular flexibility index (Phi) is 6.85. The first-order valence-corrected chi connectivity index (χ1v) is 9.81. The van der Waals surface area contributed by atoms with Gasteiger partial charge < -0.3 is 20.3 Å². The van der Waals surface area contributed by atoms with Crippen LogP contribution in [0, 0.1) is 0 Å². The zero-order chi connectivity index (χ0) is 21.5. The van der Waals surface area contributed by atoms with Crippen LogP contribution < -0.4 is 5.32 Å². The number of carboxylic acid groups (broad SMARTS) is 1. The Morgan fingerprint density at radius 2 is 1.77 bits per heavy atom. The Hall–Kier alpha value is -3.61. The smallest absolute Gasteiger partial charge is 0.326 e. The van der Waals surface area contributed by atoms with Crippen molar-refractivity contribution in [1.29, 1.82) is 0 Å². The second-order valence-electron chi connectivity index (χ2n) is 7.18. The van der Waals surface area contributed by atoms with Crippen LogP contribution in [0.25, 0.3) is 10.9 Å². The van der Waals surface area contributed by atoms with Crippen molar-refractivity contribution in [2.45, 2.75) is 31.3 Å². The number of carboxylic acids is 1. The quantitative estimate of drug-likeness (QED) is 0.605. The number of amides is 2. The number of H-pyrrole nitrogens is 1. The lowest BCUT2D eigenvalue weighted by atomic mass is 10.0. The highest BCUT2D eigenvalue weighted by Crippen LogP contribution is 2.20. The number of para-hydroxylation sites is 1. The van der Waals surface area contributed by atoms with E-state index in [-0.39, 0.29) is 12.3 Å². The number of hydrogen-bond donors (Lipinski definition) is 3. The molecule has 156 valence electrons. The maximum absolute atomic E-state index is 12.3. The van der Waals surface area contributed by atoms with Gasteiger partial charge in [0.05, 0.1) is 0 Å². The Morgan fingerprint density at radius 3 is 2.33 bits per heavy atom. The fraction of sp³-hybridized carbons (Fsp3) is 0.261. The third kappa shape index (κ3) is 5.05. The minimum absolute atomic E-state index is 0.0985. The van der Waals surface area contributed by atoms with Crippen molar-refractivity contribution in [3.05, 3.63) is 72.4 Å². The van der Waals surface area contributed by atoms with Crippen LogP contribution in [0.2, 0.25) is 0 Å². The van der Waals surface area contributed by atoms with Gasteiger partial charge in [-0.15, -0.1) is 0 Å². The average molecular weight is 407 g/mol. The van der Waals surface area contributed by atoms with Crippen LogP contribution in [0.1, 0.15) is 18.4 Å². The fourth-order valence-corrected chi connectivity index (χ4v) is 3.48. The zero-order valence-electron chi connectivity index (χ0n) is 16.7. The molecule has 0 bridgehead atoms. The molecular formula is C23H25N3O4. The summed E-state index contributed by atoms with van der Waals surface area (Å²) < 4.78 is 0. The third-order valence-corrected chi connectivity index (χ3v) is 5.18. The van der Waals surface area contributed by atoms with E-state index >= 15 is 0 Å². The molecule has 30 heavy (non-hydrogen) atoms. The van der Waals surface area contributed by atoms with Gasteiger partial charge in [0, 0.05) is 37.0 Å². The summed E-state index contributed by atoms with van der Waals surface area (Å²) in [6.45, 7) is 0. The highest BCUT2D eigenvalue weighted by atomic mass is 16.4. The molecule has 2 aromatic carbocycles. The molecule has 7 nitrogen and oxygen atoms in total. The molecule has 2 heterocycles. The summed E-state index contributed by atoms with van der Waals surface area (Å²) in [6.07, 6.45) is 2.67. The van der Waals surface area contributed by atoms with Crippen LogP contribution >= 0.6 is 0 Å². The first-order chi connectivity index (χ1) is 14.5. The van der Waals surface area contributed by atoms with Gasteiger partial charge in [0.25, 0.3) is 0 Å². The molecule has 4 rings (SSSR count). The maximum Gasteiger partial charge on any atom is 0.326 e. The second kappa shape index (κ2) is 9.73. The number of hydrogen-bond acceptors (Lipinski definition) is 3. The van der Waals surface area contributed by atoms with Crippen LogP contribution in [0.5, 0.6) is 0 Å². The lowest BCUT2D eigenvalue weighted by Gasteiger charge is -2.22. The van der Waals surface area contributed by atoms with Gasteiger partial charge in [-0.3, -0.25) is 9.59 Å². The van der Waals surface area contributed by atoms with Gasteiger partial charge in [0.15, 0.2) is 0 Å². The summed E-state index contributed by atoms with van der Waals surface area (Å²) in [7, 11) is 1.56. The van der Waals surface area contributed by atoms with E-state index in [1.54, 1.807) is 13.2 Å². The summed E-state index contributed by atoms with van der Waals surface area (Å²) in [6, 6.07) is 18.0. The van der Waals surface area contributed by atoms with E-state index in [4.69, 9.17) is 0 Å². The van der Waals surface area contributed by atoms with Crippen molar-refractivity contribution in [1.82, 2.24) is 15.2 Å². The zero-order valence-corrected chi connectivity index (χ0v) is 16.7. The molecule has 7 heteroatoms. The van der Waals surface area contributed by atoms with Crippen LogP contribution in [0.3, 0.4) is 0 Å². The minimum atomic E-state index is -1.10. The van der Waals surface area contributed by atoms with Crippen molar-refractivity contribution < 1.29 is 19.5 Å². The molecule has 2 amide bonds. The number of carbonyl (C=O) groups excluding carboxylic acids is 2. The van der Waals surface area contributed by atoms with E-state index < -0.39 is 24.0 Å². The number of fused-ring (bicyclic) bond motifs is 1. The normalized spacial score (nSPS) is 16.6. The minimum Gasteiger partial charge on any atom is -0.480 e. The number of aliphatic carboxylic acids is 1. The molecule has 1 fully saturated rings. The van der Waals surface area contributed by atoms with Gasteiger partial charge in [0.1, 0.15) is 12.1 Å². The molecule has 2 atom stereocenters. The Bertz CT molecular complexity index is 989. The molecule has 0 spiro atoms. The van der Waals surface area contributed by atoms with Crippen molar-refractivity contribution in [2.75, 3.05) is 7.05 Å². The third-order valence-electron chi connectivity index (χ3n) is 5.18. The Labute approximate surface area is 174 Å². The van der Waals surface area contributed by atoms with Crippen molar-refractivity contribution >= 4 is 28.7 Å². The number of carbonyl (C=O) groups is 3. The lowest BCUT2D eigenvalue weighted by molar-refractivity contribution is -0.142. The van der Waals surface area contributed by atoms with E-state index in [1.165, 1.54) is 4.90 Å². The van der Waals surface area contributed by atoms with Crippen LogP contribution in [-0.2, 0) is 20.8 Å². The summed E-state index contributed by atoms with van der Waals surface area (Å²) >= 11 is 0. The largest absolute Gasteiger partial charge is 0.480 e. The molecule has 1 saturated heterocycles. The Morgan fingerprint density at radius 1 is 1.13 bits per heavy atom. The number of aromatic amines is 1. The van der Waals surface area contributed by atoms with Crippen molar-refractivity contribution in [2.24, 2.45) is 0 Å². The molecule has 3 aromatic rings. The van der Waals surface area contributed by atoms with Gasteiger partial charge in [-0.1, -0.05) is 54.6 Å². The van der Waals surface area contributed by atoms with Gasteiger partial charge in [-0.25, -0.2) is 4.79 Å². The van der Waals surface area contributed by atoms with E-state index in [0.717, 1.165) is 16.5 Å². The second-order valence-corrected chi connectivity index (χ2v) is 7.18. The van der Waals surface area contributed by atoms with E-state index in [0.29, 0.717) is 12.8 Å². The number of rotatable bonds is 5. The van der Waals surface area contributed by atoms with E-state index in [1.807, 2.05) is 60.7 Å². The summed E-state index contributed by atoms with van der Waals surface area (Å²) in [4.78, 5) is 39.9. The number of nitrogens with zero attached hydrogens (tertiary/aromatic N) is 1. The summed E-state index contributed by atoms with van der Waals surface area (Å²) in [5, 5.41) is 13.0. The lowest BCUT2D eigenvalue weighted by Crippen LogP contribution is -2.50. The van der Waals surface area contributed by atoms with Crippen molar-refractivity contribution in [3.8, 4) is 0 Å². The number of benzene rings is 2. The van der Waals surface area contributed by atoms with Crippen molar-refractivity contribution in [3.63, 3.8) is 0 Å². The molecule has 1 aliphatic heterocycles. The van der Waals surface area contributed by atoms with Gasteiger partial charge in [-0.05, 0) is 18.1 Å². The molecular weight excluding hydrogens is 382 g/mol. The predicted octanol–water partition coefficient (Wildman–Crippen LogP) is 2.59. The molecule has 0 radical (unpaired) electrons. The molecule has 0 aliphatic carbocycles.